The van der Waals surface area contributed by atoms with Crippen LogP contribution in [0.3, 0.4) is 0 Å². The Labute approximate surface area is 203 Å². The fourth-order valence-corrected chi connectivity index (χ4v) is 5.19. The van der Waals surface area contributed by atoms with E-state index >= 15 is 0 Å². The molecule has 1 aliphatic heterocycles. The number of imidazole rings is 1. The van der Waals surface area contributed by atoms with Crippen molar-refractivity contribution in [3.05, 3.63) is 47.6 Å². The number of nitrogens with one attached hydrogen (secondary N) is 2. The third-order valence-corrected chi connectivity index (χ3v) is 7.18. The molecule has 3 atom stereocenters. The van der Waals surface area contributed by atoms with Crippen LogP contribution in [0.1, 0.15) is 45.2 Å². The van der Waals surface area contributed by atoms with Gasteiger partial charge < -0.3 is 15.2 Å². The maximum absolute atomic E-state index is 11.8. The molecule has 0 amide bonds. The van der Waals surface area contributed by atoms with Crippen molar-refractivity contribution >= 4 is 51.0 Å². The van der Waals surface area contributed by atoms with E-state index in [9.17, 15) is 4.79 Å². The number of aromatic nitrogens is 5. The molecule has 3 aromatic heterocycles. The van der Waals surface area contributed by atoms with Gasteiger partial charge in [-0.05, 0) is 50.8 Å². The summed E-state index contributed by atoms with van der Waals surface area (Å²) >= 11 is 6.73. The maximum Gasteiger partial charge on any atom is 0.182 e. The summed E-state index contributed by atoms with van der Waals surface area (Å²) in [4.78, 5) is 34.9. The van der Waals surface area contributed by atoms with Crippen LogP contribution in [0, 0.1) is 11.8 Å². The van der Waals surface area contributed by atoms with Crippen molar-refractivity contribution in [2.24, 2.45) is 11.8 Å². The smallest absolute Gasteiger partial charge is 0.182 e. The number of rotatable bonds is 7. The highest BCUT2D eigenvalue weighted by atomic mass is 35.5. The molecule has 1 aromatic carbocycles. The predicted octanol–water partition coefficient (Wildman–Crippen LogP) is 5.17. The Morgan fingerprint density at radius 3 is 2.97 bits per heavy atom. The number of fused-ring (bicyclic) bond motifs is 2. The number of carbonyl (C=O) groups is 1. The normalized spacial score (nSPS) is 17.9. The molecule has 0 spiro atoms. The van der Waals surface area contributed by atoms with E-state index in [1.54, 1.807) is 13.3 Å². The second-order valence-electron chi connectivity index (χ2n) is 9.23. The fourth-order valence-electron chi connectivity index (χ4n) is 4.92. The van der Waals surface area contributed by atoms with Crippen molar-refractivity contribution in [1.82, 2.24) is 24.9 Å². The van der Waals surface area contributed by atoms with Gasteiger partial charge in [-0.1, -0.05) is 18.5 Å². The molecule has 2 N–H and O–H groups in total. The summed E-state index contributed by atoms with van der Waals surface area (Å²) in [6.07, 6.45) is 6.90. The number of pyridine rings is 1. The zero-order valence-electron chi connectivity index (χ0n) is 19.5. The van der Waals surface area contributed by atoms with Crippen LogP contribution in [0.2, 0.25) is 5.02 Å². The van der Waals surface area contributed by atoms with E-state index in [0.29, 0.717) is 22.4 Å². The summed E-state index contributed by atoms with van der Waals surface area (Å²) in [5.41, 5.74) is 4.43. The van der Waals surface area contributed by atoms with Gasteiger partial charge in [-0.15, -0.1) is 0 Å². The Bertz CT molecular complexity index is 1350. The largest absolute Gasteiger partial charge is 0.369 e. The first kappa shape index (κ1) is 22.5. The van der Waals surface area contributed by atoms with Gasteiger partial charge in [0.05, 0.1) is 28.6 Å². The number of H-pyrrole nitrogens is 1. The average Bonchev–Trinajstić information content (AvgIpc) is 3.49. The molecule has 0 bridgehead atoms. The van der Waals surface area contributed by atoms with Gasteiger partial charge in [-0.25, -0.2) is 15.0 Å². The first-order chi connectivity index (χ1) is 16.4. The van der Waals surface area contributed by atoms with Crippen LogP contribution in [0.15, 0.2) is 37.1 Å². The van der Waals surface area contributed by atoms with Gasteiger partial charge in [0.15, 0.2) is 11.5 Å². The molecule has 0 radical (unpaired) electrons. The number of anilines is 2. The van der Waals surface area contributed by atoms with Crippen molar-refractivity contribution < 1.29 is 4.79 Å². The Morgan fingerprint density at radius 1 is 1.29 bits per heavy atom. The van der Waals surface area contributed by atoms with Gasteiger partial charge >= 0.3 is 0 Å². The highest BCUT2D eigenvalue weighted by molar-refractivity contribution is 6.36. The van der Waals surface area contributed by atoms with Crippen LogP contribution >= 0.6 is 11.6 Å². The molecule has 34 heavy (non-hydrogen) atoms. The minimum atomic E-state index is -0.101. The topological polar surface area (TPSA) is 99.7 Å². The van der Waals surface area contributed by atoms with Crippen molar-refractivity contribution in [2.75, 3.05) is 23.3 Å². The summed E-state index contributed by atoms with van der Waals surface area (Å²) in [6.45, 7) is 7.62. The minimum Gasteiger partial charge on any atom is -0.369 e. The van der Waals surface area contributed by atoms with Crippen molar-refractivity contribution in [1.29, 1.82) is 0 Å². The number of ketones is 1. The van der Waals surface area contributed by atoms with Gasteiger partial charge in [0.1, 0.15) is 17.6 Å². The van der Waals surface area contributed by atoms with Crippen molar-refractivity contribution in [3.63, 3.8) is 0 Å². The zero-order chi connectivity index (χ0) is 23.8. The molecule has 5 rings (SSSR count). The number of hydrogen-bond acceptors (Lipinski definition) is 7. The van der Waals surface area contributed by atoms with E-state index in [1.807, 2.05) is 31.3 Å². The van der Waals surface area contributed by atoms with E-state index < -0.39 is 0 Å². The summed E-state index contributed by atoms with van der Waals surface area (Å²) in [6, 6.07) is 5.86. The predicted molar refractivity (Wildman–Crippen MR) is 135 cm³/mol. The number of nitrogens with zero attached hydrogens (tertiary/aromatic N) is 5. The van der Waals surface area contributed by atoms with Crippen molar-refractivity contribution in [3.8, 4) is 0 Å². The molecule has 9 heteroatoms. The number of halogens is 1. The molecular formula is C25H28ClN7O. The van der Waals surface area contributed by atoms with Crippen LogP contribution in [-0.4, -0.2) is 43.8 Å². The maximum atomic E-state index is 11.8. The lowest BCUT2D eigenvalue weighted by Gasteiger charge is -2.27. The lowest BCUT2D eigenvalue weighted by atomic mass is 9.93. The Kier molecular flexibility index (Phi) is 6.08. The molecule has 8 nitrogen and oxygen atoms in total. The van der Waals surface area contributed by atoms with E-state index in [1.165, 1.54) is 6.33 Å². The summed E-state index contributed by atoms with van der Waals surface area (Å²) in [5, 5.41) is 5.13. The van der Waals surface area contributed by atoms with E-state index in [4.69, 9.17) is 16.6 Å². The zero-order valence-corrected chi connectivity index (χ0v) is 20.3. The lowest BCUT2D eigenvalue weighted by molar-refractivity contribution is -0.120. The van der Waals surface area contributed by atoms with Crippen LogP contribution in [0.4, 0.5) is 11.5 Å². The third kappa shape index (κ3) is 4.18. The first-order valence-electron chi connectivity index (χ1n) is 11.7. The molecule has 1 saturated heterocycles. The Hall–Kier alpha value is -3.26. The highest BCUT2D eigenvalue weighted by Gasteiger charge is 2.30. The average molecular weight is 478 g/mol. The van der Waals surface area contributed by atoms with Gasteiger partial charge in [-0.2, -0.15) is 0 Å². The molecule has 0 saturated carbocycles. The summed E-state index contributed by atoms with van der Waals surface area (Å²) < 4.78 is 0. The van der Waals surface area contributed by atoms with Gasteiger partial charge in [0.2, 0.25) is 0 Å². The molecule has 176 valence electrons. The number of Topliss-reactive ketones (excluding diaryl/α,β-unsaturated/α-hetero) is 1. The van der Waals surface area contributed by atoms with Crippen LogP contribution in [0.25, 0.3) is 22.1 Å². The van der Waals surface area contributed by atoms with Gasteiger partial charge in [-0.3, -0.25) is 9.78 Å². The van der Waals surface area contributed by atoms with E-state index in [-0.39, 0.29) is 17.7 Å². The quantitative estimate of drug-likeness (QED) is 0.378. The van der Waals surface area contributed by atoms with Gasteiger partial charge in [0, 0.05) is 36.2 Å². The van der Waals surface area contributed by atoms with E-state index in [2.05, 4.69) is 37.1 Å². The van der Waals surface area contributed by atoms with Gasteiger partial charge in [0.25, 0.3) is 0 Å². The number of aromatic amines is 1. The van der Waals surface area contributed by atoms with Crippen LogP contribution in [-0.2, 0) is 4.79 Å². The van der Waals surface area contributed by atoms with E-state index in [0.717, 1.165) is 53.6 Å². The Morgan fingerprint density at radius 2 is 2.15 bits per heavy atom. The lowest BCUT2D eigenvalue weighted by Crippen LogP contribution is -2.24. The molecule has 3 unspecified atom stereocenters. The molecule has 1 aliphatic rings. The van der Waals surface area contributed by atoms with Crippen LogP contribution in [0.5, 0.6) is 0 Å². The molecule has 1 fully saturated rings. The van der Waals surface area contributed by atoms with Crippen LogP contribution < -0.4 is 10.2 Å². The highest BCUT2D eigenvalue weighted by Crippen LogP contribution is 2.41. The van der Waals surface area contributed by atoms with Crippen molar-refractivity contribution in [2.45, 2.75) is 39.7 Å². The molecule has 4 heterocycles. The second-order valence-corrected chi connectivity index (χ2v) is 9.64. The fraction of sp³-hybridized carbons (Fsp3) is 0.400. The standard InChI is InChI=1S/C25H28ClN7O/c1-14(16(3)34)9-17-6-8-33(11-17)23-19(10-20(26)18-5-4-7-27-21(18)23)15(2)32-25-22-24(29-12-28-22)30-13-31-25/h4-5,7,10,12-15,17H,6,8-9,11H2,1-3H3,(H2,28,29,30,31,32). The number of hydrogen-bond donors (Lipinski definition) is 2. The first-order valence-corrected chi connectivity index (χ1v) is 12.0. The third-order valence-electron chi connectivity index (χ3n) is 6.87. The SMILES string of the molecule is CC(=O)C(C)CC1CCN(c2c(C(C)Nc3ncnc4nc[nH]c34)cc(Cl)c3cccnc23)C1. The number of carbonyl (C=O) groups excluding carboxylic acids is 1. The summed E-state index contributed by atoms with van der Waals surface area (Å²) in [7, 11) is 0. The number of benzene rings is 1. The molecule has 4 aromatic rings. The monoisotopic (exact) mass is 477 g/mol. The minimum absolute atomic E-state index is 0.0830. The Balaban J connectivity index is 1.52. The molecule has 0 aliphatic carbocycles. The summed E-state index contributed by atoms with van der Waals surface area (Å²) in [5.74, 6) is 1.49. The molecular weight excluding hydrogens is 450 g/mol. The second kappa shape index (κ2) is 9.18.